The lowest BCUT2D eigenvalue weighted by atomic mass is 10.1. The molecule has 0 atom stereocenters. The van der Waals surface area contributed by atoms with E-state index in [1.807, 2.05) is 0 Å². The van der Waals surface area contributed by atoms with Gasteiger partial charge in [-0.3, -0.25) is 0 Å². The Morgan fingerprint density at radius 3 is 3.18 bits per heavy atom. The summed E-state index contributed by atoms with van der Waals surface area (Å²) in [6.45, 7) is 0.991. The molecule has 3 nitrogen and oxygen atoms in total. The van der Waals surface area contributed by atoms with E-state index in [0.717, 1.165) is 27.6 Å². The Morgan fingerprint density at radius 2 is 2.35 bits per heavy atom. The van der Waals surface area contributed by atoms with Crippen molar-refractivity contribution in [3.63, 3.8) is 0 Å². The second kappa shape index (κ2) is 4.09. The quantitative estimate of drug-likeness (QED) is 0.845. The van der Waals surface area contributed by atoms with E-state index in [4.69, 9.17) is 10.5 Å². The van der Waals surface area contributed by atoms with Crippen LogP contribution in [0.1, 0.15) is 9.88 Å². The number of benzene rings is 1. The van der Waals surface area contributed by atoms with Gasteiger partial charge < -0.3 is 10.5 Å². The van der Waals surface area contributed by atoms with Crippen LogP contribution in [0, 0.1) is 5.82 Å². The van der Waals surface area contributed by atoms with Gasteiger partial charge >= 0.3 is 0 Å². The van der Waals surface area contributed by atoms with E-state index >= 15 is 0 Å². The molecule has 2 heterocycles. The van der Waals surface area contributed by atoms with Crippen molar-refractivity contribution in [2.24, 2.45) is 5.73 Å². The average Bonchev–Trinajstić information content (AvgIpc) is 2.66. The Labute approximate surface area is 102 Å². The molecule has 0 bridgehead atoms. The lowest BCUT2D eigenvalue weighted by Crippen LogP contribution is -1.98. The van der Waals surface area contributed by atoms with Crippen LogP contribution in [-0.2, 0) is 13.0 Å². The van der Waals surface area contributed by atoms with Crippen LogP contribution in [0.3, 0.4) is 0 Å². The minimum Gasteiger partial charge on any atom is -0.492 e. The number of hydrogen-bond acceptors (Lipinski definition) is 4. The molecule has 0 spiro atoms. The molecule has 5 heteroatoms. The van der Waals surface area contributed by atoms with Crippen molar-refractivity contribution in [3.05, 3.63) is 33.9 Å². The summed E-state index contributed by atoms with van der Waals surface area (Å²) in [5.41, 5.74) is 7.35. The van der Waals surface area contributed by atoms with Gasteiger partial charge in [0.05, 0.1) is 12.3 Å². The third kappa shape index (κ3) is 1.81. The standard InChI is InChI=1S/C12H11FN2OS/c13-7-1-2-8-9(5-7)16-4-3-10-12(8)15-11(6-14)17-10/h1-2,5H,3-4,6,14H2. The molecule has 0 aliphatic carbocycles. The Hall–Kier alpha value is -1.46. The Morgan fingerprint density at radius 1 is 1.47 bits per heavy atom. The first-order valence-corrected chi connectivity index (χ1v) is 6.21. The molecule has 2 N–H and O–H groups in total. The SMILES string of the molecule is NCc1nc2c(s1)CCOc1cc(F)ccc1-2. The van der Waals surface area contributed by atoms with Gasteiger partial charge in [-0.15, -0.1) is 11.3 Å². The topological polar surface area (TPSA) is 48.1 Å². The van der Waals surface area contributed by atoms with E-state index in [9.17, 15) is 4.39 Å². The molecule has 2 aromatic rings. The number of rotatable bonds is 1. The van der Waals surface area contributed by atoms with Crippen LogP contribution in [0.5, 0.6) is 5.75 Å². The molecule has 3 rings (SSSR count). The van der Waals surface area contributed by atoms with Gasteiger partial charge in [0.15, 0.2) is 0 Å². The molecule has 0 amide bonds. The summed E-state index contributed by atoms with van der Waals surface area (Å²) < 4.78 is 18.7. The second-order valence-corrected chi connectivity index (χ2v) is 4.99. The van der Waals surface area contributed by atoms with Crippen LogP contribution >= 0.6 is 11.3 Å². The van der Waals surface area contributed by atoms with Gasteiger partial charge in [0.2, 0.25) is 0 Å². The van der Waals surface area contributed by atoms with Gasteiger partial charge in [-0.2, -0.15) is 0 Å². The first-order chi connectivity index (χ1) is 8.28. The summed E-state index contributed by atoms with van der Waals surface area (Å²) in [7, 11) is 0. The first kappa shape index (κ1) is 10.7. The highest BCUT2D eigenvalue weighted by atomic mass is 32.1. The number of thiazole rings is 1. The van der Waals surface area contributed by atoms with Crippen LogP contribution in [0.2, 0.25) is 0 Å². The van der Waals surface area contributed by atoms with E-state index < -0.39 is 0 Å². The van der Waals surface area contributed by atoms with Gasteiger partial charge in [-0.25, -0.2) is 9.37 Å². The maximum absolute atomic E-state index is 13.2. The van der Waals surface area contributed by atoms with Crippen molar-refractivity contribution in [1.82, 2.24) is 4.98 Å². The number of aromatic nitrogens is 1. The number of hydrogen-bond donors (Lipinski definition) is 1. The summed E-state index contributed by atoms with van der Waals surface area (Å²) in [6, 6.07) is 4.56. The molecule has 17 heavy (non-hydrogen) atoms. The van der Waals surface area contributed by atoms with Crippen LogP contribution in [0.25, 0.3) is 11.3 Å². The highest BCUT2D eigenvalue weighted by Gasteiger charge is 2.20. The monoisotopic (exact) mass is 250 g/mol. The zero-order valence-electron chi connectivity index (χ0n) is 9.07. The third-order valence-electron chi connectivity index (χ3n) is 2.70. The third-order valence-corrected chi connectivity index (χ3v) is 3.84. The maximum Gasteiger partial charge on any atom is 0.131 e. The molecule has 0 saturated carbocycles. The molecule has 0 unspecified atom stereocenters. The van der Waals surface area contributed by atoms with E-state index in [2.05, 4.69) is 4.98 Å². The molecule has 0 radical (unpaired) electrons. The first-order valence-electron chi connectivity index (χ1n) is 5.39. The lowest BCUT2D eigenvalue weighted by molar-refractivity contribution is 0.325. The summed E-state index contributed by atoms with van der Waals surface area (Å²) in [6.07, 6.45) is 0.795. The molecule has 1 aliphatic heterocycles. The molecule has 88 valence electrons. The zero-order valence-corrected chi connectivity index (χ0v) is 9.89. The number of fused-ring (bicyclic) bond motifs is 3. The number of nitrogens with two attached hydrogens (primary N) is 1. The summed E-state index contributed by atoms with van der Waals surface area (Å²) >= 11 is 1.61. The molecule has 1 aliphatic rings. The fourth-order valence-electron chi connectivity index (χ4n) is 1.93. The highest BCUT2D eigenvalue weighted by molar-refractivity contribution is 7.12. The normalized spacial score (nSPS) is 13.5. The fraction of sp³-hybridized carbons (Fsp3) is 0.250. The van der Waals surface area contributed by atoms with Gasteiger partial charge in [0.1, 0.15) is 16.6 Å². The average molecular weight is 250 g/mol. The van der Waals surface area contributed by atoms with E-state index in [0.29, 0.717) is 18.9 Å². The van der Waals surface area contributed by atoms with Crippen molar-refractivity contribution in [2.75, 3.05) is 6.61 Å². The number of nitrogens with zero attached hydrogens (tertiary/aromatic N) is 1. The predicted octanol–water partition coefficient (Wildman–Crippen LogP) is 2.34. The summed E-state index contributed by atoms with van der Waals surface area (Å²) in [5, 5.41) is 0.909. The summed E-state index contributed by atoms with van der Waals surface area (Å²) in [5.74, 6) is 0.277. The van der Waals surface area contributed by atoms with Crippen molar-refractivity contribution in [3.8, 4) is 17.0 Å². The Bertz CT molecular complexity index is 568. The van der Waals surface area contributed by atoms with Crippen molar-refractivity contribution in [2.45, 2.75) is 13.0 Å². The van der Waals surface area contributed by atoms with Gasteiger partial charge in [-0.1, -0.05) is 0 Å². The van der Waals surface area contributed by atoms with Gasteiger partial charge in [0.25, 0.3) is 0 Å². The minimum absolute atomic E-state index is 0.290. The fourth-order valence-corrected chi connectivity index (χ4v) is 2.87. The molecule has 1 aromatic heterocycles. The van der Waals surface area contributed by atoms with Crippen LogP contribution < -0.4 is 10.5 Å². The van der Waals surface area contributed by atoms with E-state index in [1.54, 1.807) is 17.4 Å². The molecule has 0 fully saturated rings. The molecule has 0 saturated heterocycles. The van der Waals surface area contributed by atoms with Crippen LogP contribution in [-0.4, -0.2) is 11.6 Å². The van der Waals surface area contributed by atoms with Crippen molar-refractivity contribution in [1.29, 1.82) is 0 Å². The smallest absolute Gasteiger partial charge is 0.131 e. The summed E-state index contributed by atoms with van der Waals surface area (Å²) in [4.78, 5) is 5.65. The van der Waals surface area contributed by atoms with Crippen LogP contribution in [0.4, 0.5) is 4.39 Å². The molecular formula is C12H11FN2OS. The lowest BCUT2D eigenvalue weighted by Gasteiger charge is -2.06. The number of ether oxygens (including phenoxy) is 1. The highest BCUT2D eigenvalue weighted by Crippen LogP contribution is 2.37. The Balaban J connectivity index is 2.19. The Kier molecular flexibility index (Phi) is 2.57. The van der Waals surface area contributed by atoms with E-state index in [1.165, 1.54) is 12.1 Å². The minimum atomic E-state index is -0.290. The maximum atomic E-state index is 13.2. The van der Waals surface area contributed by atoms with Crippen molar-refractivity contribution < 1.29 is 9.13 Å². The number of halogens is 1. The second-order valence-electron chi connectivity index (χ2n) is 3.82. The van der Waals surface area contributed by atoms with E-state index in [-0.39, 0.29) is 5.82 Å². The predicted molar refractivity (Wildman–Crippen MR) is 64.6 cm³/mol. The zero-order chi connectivity index (χ0) is 11.8. The largest absolute Gasteiger partial charge is 0.492 e. The van der Waals surface area contributed by atoms with Gasteiger partial charge in [0, 0.05) is 29.5 Å². The van der Waals surface area contributed by atoms with Crippen molar-refractivity contribution >= 4 is 11.3 Å². The molecule has 1 aromatic carbocycles. The van der Waals surface area contributed by atoms with Crippen LogP contribution in [0.15, 0.2) is 18.2 Å². The van der Waals surface area contributed by atoms with Gasteiger partial charge in [-0.05, 0) is 12.1 Å². The molecular weight excluding hydrogens is 239 g/mol.